The van der Waals surface area contributed by atoms with Crippen LogP contribution in [-0.4, -0.2) is 32.6 Å². The lowest BCUT2D eigenvalue weighted by Gasteiger charge is -2.02. The standard InChI is InChI=1S/C8H8Br4O4/c9-5(10)7(13)15-3-1-2-4-16-8(14)6(11)12/h1-2,5-6H,3-4H2/b2-1+. The monoisotopic (exact) mass is 484 g/mol. The molecule has 4 nitrogen and oxygen atoms in total. The predicted octanol–water partition coefficient (Wildman–Crippen LogP) is 2.86. The van der Waals surface area contributed by atoms with Crippen LogP contribution >= 0.6 is 63.7 Å². The van der Waals surface area contributed by atoms with Crippen LogP contribution in [0, 0.1) is 0 Å². The first kappa shape index (κ1) is 16.6. The van der Waals surface area contributed by atoms with Crippen molar-refractivity contribution in [3.05, 3.63) is 12.2 Å². The molecule has 0 saturated heterocycles. The molecule has 0 amide bonds. The fourth-order valence-electron chi connectivity index (χ4n) is 0.523. The highest BCUT2D eigenvalue weighted by Gasteiger charge is 2.11. The summed E-state index contributed by atoms with van der Waals surface area (Å²) in [6.45, 7) is 0.270. The van der Waals surface area contributed by atoms with Crippen LogP contribution in [0.1, 0.15) is 0 Å². The molecule has 0 aliphatic rings. The average Bonchev–Trinajstić information content (AvgIpc) is 2.21. The molecule has 0 unspecified atom stereocenters. The summed E-state index contributed by atoms with van der Waals surface area (Å²) < 4.78 is 8.55. The van der Waals surface area contributed by atoms with E-state index >= 15 is 0 Å². The Balaban J connectivity index is 3.56. The van der Waals surface area contributed by atoms with Crippen LogP contribution in [0.15, 0.2) is 12.2 Å². The van der Waals surface area contributed by atoms with Gasteiger partial charge in [0.2, 0.25) is 0 Å². The van der Waals surface area contributed by atoms with E-state index in [0.29, 0.717) is 0 Å². The maximum Gasteiger partial charge on any atom is 0.330 e. The molecule has 0 aromatic carbocycles. The van der Waals surface area contributed by atoms with Crippen molar-refractivity contribution in [2.24, 2.45) is 0 Å². The number of ether oxygens (including phenoxy) is 2. The van der Waals surface area contributed by atoms with Crippen LogP contribution in [0.2, 0.25) is 0 Å². The Hall–Kier alpha value is 0.600. The molecule has 0 saturated carbocycles. The second-order valence-electron chi connectivity index (χ2n) is 2.33. The van der Waals surface area contributed by atoms with Gasteiger partial charge in [0.15, 0.2) is 7.47 Å². The average molecular weight is 488 g/mol. The minimum atomic E-state index is -0.506. The summed E-state index contributed by atoms with van der Waals surface area (Å²) in [6, 6.07) is 0. The molecule has 0 rings (SSSR count). The first-order valence-corrected chi connectivity index (χ1v) is 7.66. The van der Waals surface area contributed by atoms with E-state index < -0.39 is 19.4 Å². The van der Waals surface area contributed by atoms with Crippen LogP contribution < -0.4 is 0 Å². The minimum Gasteiger partial charge on any atom is -0.460 e. The van der Waals surface area contributed by atoms with E-state index in [4.69, 9.17) is 9.47 Å². The molecule has 0 heterocycles. The molecule has 16 heavy (non-hydrogen) atoms. The molecule has 0 aliphatic carbocycles. The zero-order valence-electron chi connectivity index (χ0n) is 7.87. The molecule has 0 radical (unpaired) electrons. The Labute approximate surface area is 127 Å². The summed E-state index contributed by atoms with van der Waals surface area (Å²) >= 11 is 12.0. The third kappa shape index (κ3) is 8.72. The van der Waals surface area contributed by atoms with Crippen LogP contribution in [-0.2, 0) is 19.1 Å². The van der Waals surface area contributed by atoms with Crippen molar-refractivity contribution in [1.82, 2.24) is 0 Å². The number of hydrogen-bond acceptors (Lipinski definition) is 4. The highest BCUT2D eigenvalue weighted by Crippen LogP contribution is 2.10. The highest BCUT2D eigenvalue weighted by molar-refractivity contribution is 9.25. The third-order valence-electron chi connectivity index (χ3n) is 1.17. The molecule has 0 N–H and O–H groups in total. The Morgan fingerprint density at radius 3 is 1.44 bits per heavy atom. The first-order chi connectivity index (χ1) is 7.45. The number of halogens is 4. The second kappa shape index (κ2) is 9.61. The maximum absolute atomic E-state index is 10.9. The highest BCUT2D eigenvalue weighted by atomic mass is 79.9. The second-order valence-corrected chi connectivity index (χ2v) is 8.45. The molecular weight excluding hydrogens is 480 g/mol. The van der Waals surface area contributed by atoms with E-state index in [1.54, 1.807) is 12.2 Å². The maximum atomic E-state index is 10.9. The van der Waals surface area contributed by atoms with Crippen molar-refractivity contribution in [2.45, 2.75) is 7.47 Å². The quantitative estimate of drug-likeness (QED) is 0.328. The summed E-state index contributed by atoms with van der Waals surface area (Å²) in [4.78, 5) is 21.9. The van der Waals surface area contributed by atoms with Crippen LogP contribution in [0.4, 0.5) is 0 Å². The van der Waals surface area contributed by atoms with Crippen molar-refractivity contribution >= 4 is 75.7 Å². The van der Waals surface area contributed by atoms with Gasteiger partial charge in [-0.2, -0.15) is 0 Å². The van der Waals surface area contributed by atoms with Crippen molar-refractivity contribution in [3.8, 4) is 0 Å². The van der Waals surface area contributed by atoms with Crippen LogP contribution in [0.5, 0.6) is 0 Å². The van der Waals surface area contributed by atoms with Crippen molar-refractivity contribution in [2.75, 3.05) is 13.2 Å². The summed E-state index contributed by atoms with van der Waals surface area (Å²) in [7, 11) is 0. The Morgan fingerprint density at radius 1 is 0.875 bits per heavy atom. The zero-order chi connectivity index (χ0) is 12.6. The van der Waals surface area contributed by atoms with E-state index in [1.807, 2.05) is 0 Å². The first-order valence-electron chi connectivity index (χ1n) is 3.99. The predicted molar refractivity (Wildman–Crippen MR) is 74.3 cm³/mol. The van der Waals surface area contributed by atoms with E-state index in [9.17, 15) is 9.59 Å². The number of rotatable bonds is 6. The van der Waals surface area contributed by atoms with Gasteiger partial charge in [0.25, 0.3) is 0 Å². The molecule has 0 aromatic rings. The van der Waals surface area contributed by atoms with E-state index in [2.05, 4.69) is 63.7 Å². The van der Waals surface area contributed by atoms with Gasteiger partial charge >= 0.3 is 11.9 Å². The lowest BCUT2D eigenvalue weighted by atomic mass is 10.5. The number of alkyl halides is 4. The Morgan fingerprint density at radius 2 is 1.19 bits per heavy atom. The zero-order valence-corrected chi connectivity index (χ0v) is 14.2. The summed E-state index contributed by atoms with van der Waals surface area (Å²) in [5.74, 6) is -0.828. The van der Waals surface area contributed by atoms with Crippen LogP contribution in [0.3, 0.4) is 0 Å². The molecule has 0 atom stereocenters. The topological polar surface area (TPSA) is 52.6 Å². The Bertz CT molecular complexity index is 239. The summed E-state index contributed by atoms with van der Waals surface area (Å²) in [5, 5.41) is 0. The molecule has 92 valence electrons. The Kier molecular flexibility index (Phi) is 9.97. The number of hydrogen-bond donors (Lipinski definition) is 0. The van der Waals surface area contributed by atoms with Gasteiger partial charge in [-0.15, -0.1) is 0 Å². The van der Waals surface area contributed by atoms with Crippen LogP contribution in [0.25, 0.3) is 0 Å². The normalized spacial score (nSPS) is 11.1. The largest absolute Gasteiger partial charge is 0.460 e. The lowest BCUT2D eigenvalue weighted by Crippen LogP contribution is -2.12. The van der Waals surface area contributed by atoms with Gasteiger partial charge in [0.05, 0.1) is 0 Å². The molecule has 0 aromatic heterocycles. The minimum absolute atomic E-state index is 0.135. The van der Waals surface area contributed by atoms with Crippen molar-refractivity contribution in [1.29, 1.82) is 0 Å². The van der Waals surface area contributed by atoms with E-state index in [1.165, 1.54) is 0 Å². The number of carbonyl (C=O) groups excluding carboxylic acids is 2. The lowest BCUT2D eigenvalue weighted by molar-refractivity contribution is -0.141. The van der Waals surface area contributed by atoms with Gasteiger partial charge < -0.3 is 9.47 Å². The van der Waals surface area contributed by atoms with Gasteiger partial charge in [0.1, 0.15) is 13.2 Å². The fraction of sp³-hybridized carbons (Fsp3) is 0.500. The summed E-state index contributed by atoms with van der Waals surface area (Å²) in [5.41, 5.74) is 0. The van der Waals surface area contributed by atoms with Gasteiger partial charge in [0, 0.05) is 0 Å². The molecule has 8 heteroatoms. The van der Waals surface area contributed by atoms with E-state index in [-0.39, 0.29) is 13.2 Å². The SMILES string of the molecule is O=C(OC/C=C/COC(=O)C(Br)Br)C(Br)Br. The number of esters is 2. The third-order valence-corrected chi connectivity index (χ3v) is 2.66. The molecule has 0 aliphatic heterocycles. The van der Waals surface area contributed by atoms with Gasteiger partial charge in [-0.25, -0.2) is 9.59 Å². The van der Waals surface area contributed by atoms with Gasteiger partial charge in [-0.3, -0.25) is 0 Å². The molecular formula is C8H8Br4O4. The smallest absolute Gasteiger partial charge is 0.330 e. The molecule has 0 bridgehead atoms. The summed E-state index contributed by atoms with van der Waals surface area (Å²) in [6.07, 6.45) is 3.18. The van der Waals surface area contributed by atoms with Gasteiger partial charge in [-0.1, -0.05) is 63.7 Å². The van der Waals surface area contributed by atoms with Crippen molar-refractivity contribution < 1.29 is 19.1 Å². The molecule has 0 fully saturated rings. The van der Waals surface area contributed by atoms with E-state index in [0.717, 1.165) is 0 Å². The fourth-order valence-corrected chi connectivity index (χ4v) is 1.05. The molecule has 0 spiro atoms. The van der Waals surface area contributed by atoms with Gasteiger partial charge in [-0.05, 0) is 12.2 Å². The number of carbonyl (C=O) groups is 2. The van der Waals surface area contributed by atoms with Crippen molar-refractivity contribution in [3.63, 3.8) is 0 Å².